The largest absolute Gasteiger partial charge is 0.492 e. The van der Waals surface area contributed by atoms with Crippen LogP contribution in [0.25, 0.3) is 6.08 Å². The van der Waals surface area contributed by atoms with E-state index in [1.165, 1.54) is 13.2 Å². The monoisotopic (exact) mass is 206 g/mol. The van der Waals surface area contributed by atoms with Gasteiger partial charge in [0.2, 0.25) is 0 Å². The highest BCUT2D eigenvalue weighted by molar-refractivity contribution is 6.39. The lowest BCUT2D eigenvalue weighted by molar-refractivity contribution is -0.148. The number of methoxy groups -OCH3 is 1. The van der Waals surface area contributed by atoms with Gasteiger partial charge in [0.1, 0.15) is 0 Å². The summed E-state index contributed by atoms with van der Waals surface area (Å²) in [6, 6.07) is 8.87. The van der Waals surface area contributed by atoms with Crippen LogP contribution in [0.3, 0.4) is 0 Å². The molecule has 0 fully saturated rings. The van der Waals surface area contributed by atoms with Gasteiger partial charge in [-0.3, -0.25) is 4.79 Å². The number of Topliss-reactive ketones (excluding diaryl/α,β-unsaturated/α-hetero) is 1. The molecule has 1 rings (SSSR count). The van der Waals surface area contributed by atoms with Crippen LogP contribution in [0, 0.1) is 0 Å². The smallest absolute Gasteiger partial charge is 0.380 e. The second-order valence-corrected chi connectivity index (χ2v) is 2.76. The lowest BCUT2D eigenvalue weighted by Gasteiger charge is -2.01. The van der Waals surface area contributed by atoms with Crippen molar-refractivity contribution in [2.24, 2.45) is 0 Å². The quantitative estimate of drug-likeness (QED) is 0.458. The maximum absolute atomic E-state index is 11.1. The van der Waals surface area contributed by atoms with Crippen LogP contribution in [0.15, 0.2) is 36.1 Å². The molecule has 0 aliphatic heterocycles. The minimum Gasteiger partial charge on any atom is -0.492 e. The Balaban J connectivity index is 2.98. The van der Waals surface area contributed by atoms with Crippen LogP contribution >= 0.6 is 0 Å². The van der Waals surface area contributed by atoms with Crippen LogP contribution in [-0.2, 0) is 14.3 Å². The van der Waals surface area contributed by atoms with Crippen molar-refractivity contribution in [2.45, 2.75) is 0 Å². The summed E-state index contributed by atoms with van der Waals surface area (Å²) in [5, 5.41) is 8.49. The molecule has 0 heterocycles. The second-order valence-electron chi connectivity index (χ2n) is 2.76. The molecule has 0 unspecified atom stereocenters. The number of rotatable bonds is 4. The molecule has 15 heavy (non-hydrogen) atoms. The van der Waals surface area contributed by atoms with E-state index in [4.69, 9.17) is 9.84 Å². The Morgan fingerprint density at radius 2 is 1.87 bits per heavy atom. The van der Waals surface area contributed by atoms with Crippen molar-refractivity contribution in [3.8, 4) is 0 Å². The molecule has 4 nitrogen and oxygen atoms in total. The molecular weight excluding hydrogens is 196 g/mol. The molecule has 1 aromatic carbocycles. The number of aliphatic carboxylic acids is 1. The van der Waals surface area contributed by atoms with E-state index in [1.807, 2.05) is 6.07 Å². The topological polar surface area (TPSA) is 63.6 Å². The zero-order chi connectivity index (χ0) is 11.3. The summed E-state index contributed by atoms with van der Waals surface area (Å²) in [6.07, 6.45) is 1.39. The first-order chi connectivity index (χ1) is 7.15. The second kappa shape index (κ2) is 4.95. The van der Waals surface area contributed by atoms with Gasteiger partial charge in [-0.1, -0.05) is 30.3 Å². The molecule has 0 saturated heterocycles. The van der Waals surface area contributed by atoms with Gasteiger partial charge in [-0.2, -0.15) is 0 Å². The van der Waals surface area contributed by atoms with Gasteiger partial charge in [-0.05, 0) is 11.6 Å². The van der Waals surface area contributed by atoms with Gasteiger partial charge >= 0.3 is 11.8 Å². The Labute approximate surface area is 86.8 Å². The van der Waals surface area contributed by atoms with Crippen LogP contribution in [0.5, 0.6) is 0 Å². The molecular formula is C11H10O4. The molecule has 0 aliphatic carbocycles. The number of ether oxygens (including phenoxy) is 1. The molecule has 0 radical (unpaired) electrons. The summed E-state index contributed by atoms with van der Waals surface area (Å²) in [7, 11) is 1.26. The standard InChI is InChI=1S/C11H10O4/c1-15-9(10(12)11(13)14)7-8-5-3-2-4-6-8/h2-7H,1H3,(H,13,14). The van der Waals surface area contributed by atoms with Gasteiger partial charge in [0.05, 0.1) is 7.11 Å². The van der Waals surface area contributed by atoms with Crippen LogP contribution in [0.4, 0.5) is 0 Å². The maximum atomic E-state index is 11.1. The van der Waals surface area contributed by atoms with E-state index in [-0.39, 0.29) is 5.76 Å². The van der Waals surface area contributed by atoms with Crippen LogP contribution < -0.4 is 0 Å². The van der Waals surface area contributed by atoms with Crippen LogP contribution in [0.2, 0.25) is 0 Å². The van der Waals surface area contributed by atoms with Crippen molar-refractivity contribution in [1.29, 1.82) is 0 Å². The summed E-state index contributed by atoms with van der Waals surface area (Å²) in [5.74, 6) is -2.77. The van der Waals surface area contributed by atoms with Crippen molar-refractivity contribution in [3.05, 3.63) is 41.7 Å². The number of carbonyl (C=O) groups is 2. The van der Waals surface area contributed by atoms with Crippen molar-refractivity contribution >= 4 is 17.8 Å². The van der Waals surface area contributed by atoms with E-state index >= 15 is 0 Å². The predicted octanol–water partition coefficient (Wildman–Crippen LogP) is 1.33. The fraction of sp³-hybridized carbons (Fsp3) is 0.0909. The first-order valence-electron chi connectivity index (χ1n) is 4.23. The van der Waals surface area contributed by atoms with Gasteiger partial charge in [-0.25, -0.2) is 4.79 Å². The van der Waals surface area contributed by atoms with E-state index in [0.717, 1.165) is 0 Å². The zero-order valence-corrected chi connectivity index (χ0v) is 8.14. The molecule has 1 N–H and O–H groups in total. The number of carboxylic acid groups (broad SMARTS) is 1. The predicted molar refractivity (Wildman–Crippen MR) is 54.1 cm³/mol. The highest BCUT2D eigenvalue weighted by atomic mass is 16.5. The molecule has 0 saturated carbocycles. The molecule has 1 aromatic rings. The minimum absolute atomic E-state index is 0.186. The molecule has 78 valence electrons. The number of carbonyl (C=O) groups excluding carboxylic acids is 1. The van der Waals surface area contributed by atoms with Gasteiger partial charge < -0.3 is 9.84 Å². The zero-order valence-electron chi connectivity index (χ0n) is 8.14. The first-order valence-corrected chi connectivity index (χ1v) is 4.23. The average Bonchev–Trinajstić information content (AvgIpc) is 2.26. The lowest BCUT2D eigenvalue weighted by atomic mass is 10.2. The number of hydrogen-bond donors (Lipinski definition) is 1. The van der Waals surface area contributed by atoms with Crippen molar-refractivity contribution < 1.29 is 19.4 Å². The van der Waals surface area contributed by atoms with Crippen LogP contribution in [-0.4, -0.2) is 24.0 Å². The van der Waals surface area contributed by atoms with Crippen molar-refractivity contribution in [3.63, 3.8) is 0 Å². The fourth-order valence-electron chi connectivity index (χ4n) is 1.02. The summed E-state index contributed by atoms with van der Waals surface area (Å²) in [6.45, 7) is 0. The average molecular weight is 206 g/mol. The third-order valence-electron chi connectivity index (χ3n) is 1.74. The minimum atomic E-state index is -1.53. The number of carboxylic acids is 1. The van der Waals surface area contributed by atoms with Gasteiger partial charge in [-0.15, -0.1) is 0 Å². The summed E-state index contributed by atoms with van der Waals surface area (Å²) in [5.41, 5.74) is 0.712. The fourth-order valence-corrected chi connectivity index (χ4v) is 1.02. The highest BCUT2D eigenvalue weighted by Crippen LogP contribution is 2.08. The third-order valence-corrected chi connectivity index (χ3v) is 1.74. The Kier molecular flexibility index (Phi) is 3.62. The summed E-state index contributed by atoms with van der Waals surface area (Å²) < 4.78 is 4.71. The first kappa shape index (κ1) is 11.0. The maximum Gasteiger partial charge on any atom is 0.380 e. The van der Waals surface area contributed by atoms with Gasteiger partial charge in [0.25, 0.3) is 0 Å². The molecule has 0 atom stereocenters. The molecule has 0 spiro atoms. The summed E-state index contributed by atoms with van der Waals surface area (Å²) >= 11 is 0. The third kappa shape index (κ3) is 2.95. The Morgan fingerprint density at radius 1 is 1.27 bits per heavy atom. The summed E-state index contributed by atoms with van der Waals surface area (Å²) in [4.78, 5) is 21.5. The number of benzene rings is 1. The molecule has 0 bridgehead atoms. The normalized spacial score (nSPS) is 10.9. The Morgan fingerprint density at radius 3 is 2.33 bits per heavy atom. The lowest BCUT2D eigenvalue weighted by Crippen LogP contribution is -2.16. The molecule has 0 amide bonds. The highest BCUT2D eigenvalue weighted by Gasteiger charge is 2.18. The Bertz CT molecular complexity index is 392. The van der Waals surface area contributed by atoms with E-state index in [1.54, 1.807) is 24.3 Å². The van der Waals surface area contributed by atoms with E-state index < -0.39 is 11.8 Å². The number of ketones is 1. The molecule has 0 aliphatic rings. The Hall–Kier alpha value is -2.10. The van der Waals surface area contributed by atoms with Crippen molar-refractivity contribution in [1.82, 2.24) is 0 Å². The van der Waals surface area contributed by atoms with Gasteiger partial charge in [0.15, 0.2) is 5.76 Å². The van der Waals surface area contributed by atoms with E-state index in [2.05, 4.69) is 0 Å². The molecule has 0 aromatic heterocycles. The SMILES string of the molecule is COC(=Cc1ccccc1)C(=O)C(=O)O. The van der Waals surface area contributed by atoms with E-state index in [9.17, 15) is 9.59 Å². The van der Waals surface area contributed by atoms with E-state index in [0.29, 0.717) is 5.56 Å². The van der Waals surface area contributed by atoms with Crippen molar-refractivity contribution in [2.75, 3.05) is 7.11 Å². The molecule has 4 heteroatoms. The number of hydrogen-bond acceptors (Lipinski definition) is 3. The van der Waals surface area contributed by atoms with Crippen LogP contribution in [0.1, 0.15) is 5.56 Å². The van der Waals surface area contributed by atoms with Gasteiger partial charge in [0, 0.05) is 0 Å².